The Balaban J connectivity index is 1.87. The van der Waals surface area contributed by atoms with Crippen molar-refractivity contribution in [3.8, 4) is 0 Å². The van der Waals surface area contributed by atoms with Gasteiger partial charge in [-0.15, -0.1) is 0 Å². The molecule has 0 atom stereocenters. The van der Waals surface area contributed by atoms with Gasteiger partial charge in [0.25, 0.3) is 0 Å². The number of aromatic nitrogens is 3. The lowest BCUT2D eigenvalue weighted by Crippen LogP contribution is -2.07. The highest BCUT2D eigenvalue weighted by atomic mass is 35.5. The fraction of sp³-hybridized carbons (Fsp3) is 0.214. The molecule has 4 heteroatoms. The van der Waals surface area contributed by atoms with E-state index in [4.69, 9.17) is 11.6 Å². The summed E-state index contributed by atoms with van der Waals surface area (Å²) in [5.74, 6) is 1.05. The van der Waals surface area contributed by atoms with E-state index in [1.807, 2.05) is 31.5 Å². The van der Waals surface area contributed by atoms with Gasteiger partial charge in [-0.05, 0) is 25.1 Å². The highest BCUT2D eigenvalue weighted by Gasteiger charge is 2.04. The monoisotopic (exact) mass is 259 g/mol. The maximum atomic E-state index is 6.17. The summed E-state index contributed by atoms with van der Waals surface area (Å²) in [6, 6.07) is 8.08. The van der Waals surface area contributed by atoms with Gasteiger partial charge >= 0.3 is 0 Å². The molecule has 3 aromatic rings. The molecule has 0 aliphatic rings. The Hall–Kier alpha value is -1.74. The summed E-state index contributed by atoms with van der Waals surface area (Å²) in [4.78, 5) is 4.23. The van der Waals surface area contributed by atoms with E-state index in [0.29, 0.717) is 0 Å². The molecule has 0 aliphatic heterocycles. The normalized spacial score (nSPS) is 11.2. The first-order chi connectivity index (χ1) is 8.75. The van der Waals surface area contributed by atoms with Gasteiger partial charge in [-0.1, -0.05) is 17.7 Å². The minimum absolute atomic E-state index is 0.810. The maximum absolute atomic E-state index is 6.17. The molecule has 0 N–H and O–H groups in total. The van der Waals surface area contributed by atoms with E-state index in [0.717, 1.165) is 29.3 Å². The SMILES string of the molecule is Cc1nccn1CCn1ccc2c(Cl)cccc21. The molecule has 0 unspecified atom stereocenters. The molecule has 1 aromatic carbocycles. The minimum atomic E-state index is 0.810. The molecule has 0 bridgehead atoms. The van der Waals surface area contributed by atoms with Crippen LogP contribution in [-0.4, -0.2) is 14.1 Å². The van der Waals surface area contributed by atoms with Crippen molar-refractivity contribution in [2.45, 2.75) is 20.0 Å². The van der Waals surface area contributed by atoms with E-state index < -0.39 is 0 Å². The Morgan fingerprint density at radius 1 is 1.11 bits per heavy atom. The van der Waals surface area contributed by atoms with Crippen molar-refractivity contribution in [1.82, 2.24) is 14.1 Å². The van der Waals surface area contributed by atoms with E-state index in [9.17, 15) is 0 Å². The topological polar surface area (TPSA) is 22.8 Å². The lowest BCUT2D eigenvalue weighted by Gasteiger charge is -2.08. The van der Waals surface area contributed by atoms with Crippen molar-refractivity contribution in [3.63, 3.8) is 0 Å². The molecule has 0 saturated carbocycles. The lowest BCUT2D eigenvalue weighted by atomic mass is 10.2. The summed E-state index contributed by atoms with van der Waals surface area (Å²) >= 11 is 6.17. The zero-order valence-electron chi connectivity index (χ0n) is 10.2. The Morgan fingerprint density at radius 3 is 2.72 bits per heavy atom. The first-order valence-corrected chi connectivity index (χ1v) is 6.34. The summed E-state index contributed by atoms with van der Waals surface area (Å²) in [6.07, 6.45) is 5.93. The van der Waals surface area contributed by atoms with Crippen LogP contribution in [0.4, 0.5) is 0 Å². The number of hydrogen-bond donors (Lipinski definition) is 0. The summed E-state index contributed by atoms with van der Waals surface area (Å²) in [6.45, 7) is 3.85. The third-order valence-corrected chi connectivity index (χ3v) is 3.60. The summed E-state index contributed by atoms with van der Waals surface area (Å²) in [5.41, 5.74) is 1.18. The molecule has 92 valence electrons. The van der Waals surface area contributed by atoms with Crippen LogP contribution < -0.4 is 0 Å². The third kappa shape index (κ3) is 1.91. The number of fused-ring (bicyclic) bond motifs is 1. The smallest absolute Gasteiger partial charge is 0.105 e. The van der Waals surface area contributed by atoms with Crippen molar-refractivity contribution in [1.29, 1.82) is 0 Å². The fourth-order valence-electron chi connectivity index (χ4n) is 2.24. The third-order valence-electron chi connectivity index (χ3n) is 3.27. The van der Waals surface area contributed by atoms with Crippen LogP contribution in [-0.2, 0) is 13.1 Å². The molecule has 0 radical (unpaired) electrons. The van der Waals surface area contributed by atoms with Gasteiger partial charge in [-0.25, -0.2) is 4.98 Å². The molecular formula is C14H14ClN3. The molecular weight excluding hydrogens is 246 g/mol. The summed E-state index contributed by atoms with van der Waals surface area (Å²) < 4.78 is 4.37. The van der Waals surface area contributed by atoms with Gasteiger partial charge in [0.15, 0.2) is 0 Å². The largest absolute Gasteiger partial charge is 0.346 e. The molecule has 0 saturated heterocycles. The number of hydrogen-bond acceptors (Lipinski definition) is 1. The first kappa shape index (κ1) is 11.4. The molecule has 3 nitrogen and oxygen atoms in total. The predicted molar refractivity (Wildman–Crippen MR) is 73.9 cm³/mol. The van der Waals surface area contributed by atoms with Crippen molar-refractivity contribution in [2.75, 3.05) is 0 Å². The second-order valence-corrected chi connectivity index (χ2v) is 4.76. The number of nitrogens with zero attached hydrogens (tertiary/aromatic N) is 3. The van der Waals surface area contributed by atoms with Crippen LogP contribution >= 0.6 is 11.6 Å². The highest BCUT2D eigenvalue weighted by Crippen LogP contribution is 2.24. The van der Waals surface area contributed by atoms with Crippen LogP contribution in [0.3, 0.4) is 0 Å². The molecule has 0 aliphatic carbocycles. The van der Waals surface area contributed by atoms with Crippen molar-refractivity contribution in [3.05, 3.63) is 53.7 Å². The van der Waals surface area contributed by atoms with Crippen LogP contribution in [0, 0.1) is 6.92 Å². The Kier molecular flexibility index (Phi) is 2.84. The van der Waals surface area contributed by atoms with Gasteiger partial charge in [0.05, 0.1) is 0 Å². The first-order valence-electron chi connectivity index (χ1n) is 5.97. The number of rotatable bonds is 3. The highest BCUT2D eigenvalue weighted by molar-refractivity contribution is 6.35. The lowest BCUT2D eigenvalue weighted by molar-refractivity contribution is 0.580. The molecule has 2 heterocycles. The zero-order chi connectivity index (χ0) is 12.5. The number of aryl methyl sites for hydroxylation is 3. The van der Waals surface area contributed by atoms with Gasteiger partial charge in [-0.3, -0.25) is 0 Å². The molecule has 18 heavy (non-hydrogen) atoms. The van der Waals surface area contributed by atoms with Crippen LogP contribution in [0.15, 0.2) is 42.9 Å². The van der Waals surface area contributed by atoms with E-state index >= 15 is 0 Å². The van der Waals surface area contributed by atoms with Crippen LogP contribution in [0.25, 0.3) is 10.9 Å². The molecule has 0 fully saturated rings. The Bertz CT molecular complexity index is 681. The van der Waals surface area contributed by atoms with E-state index in [-0.39, 0.29) is 0 Å². The number of benzene rings is 1. The standard InChI is InChI=1S/C14H14ClN3/c1-11-16-6-8-17(11)9-10-18-7-5-12-13(15)3-2-4-14(12)18/h2-8H,9-10H2,1H3. The maximum Gasteiger partial charge on any atom is 0.105 e. The van der Waals surface area contributed by atoms with Gasteiger partial charge in [0, 0.05) is 47.6 Å². The molecule has 3 rings (SSSR count). The van der Waals surface area contributed by atoms with Crippen LogP contribution in [0.5, 0.6) is 0 Å². The van der Waals surface area contributed by atoms with Crippen LogP contribution in [0.2, 0.25) is 5.02 Å². The van der Waals surface area contributed by atoms with Gasteiger partial charge < -0.3 is 9.13 Å². The summed E-state index contributed by atoms with van der Waals surface area (Å²) in [7, 11) is 0. The van der Waals surface area contributed by atoms with Gasteiger partial charge in [0.2, 0.25) is 0 Å². The van der Waals surface area contributed by atoms with Crippen molar-refractivity contribution < 1.29 is 0 Å². The fourth-order valence-corrected chi connectivity index (χ4v) is 2.47. The number of imidazole rings is 1. The minimum Gasteiger partial charge on any atom is -0.346 e. The zero-order valence-corrected chi connectivity index (χ0v) is 10.9. The molecule has 0 spiro atoms. The van der Waals surface area contributed by atoms with Crippen LogP contribution in [0.1, 0.15) is 5.82 Å². The second-order valence-electron chi connectivity index (χ2n) is 4.35. The van der Waals surface area contributed by atoms with E-state index in [2.05, 4.69) is 32.4 Å². The summed E-state index contributed by atoms with van der Waals surface area (Å²) in [5, 5.41) is 1.92. The average Bonchev–Trinajstić information content (AvgIpc) is 2.94. The van der Waals surface area contributed by atoms with Gasteiger partial charge in [-0.2, -0.15) is 0 Å². The number of halogens is 1. The molecule has 2 aromatic heterocycles. The average molecular weight is 260 g/mol. The second kappa shape index (κ2) is 4.50. The van der Waals surface area contributed by atoms with Gasteiger partial charge in [0.1, 0.15) is 5.82 Å². The molecule has 0 amide bonds. The van der Waals surface area contributed by atoms with Crippen molar-refractivity contribution >= 4 is 22.5 Å². The quantitative estimate of drug-likeness (QED) is 0.706. The Morgan fingerprint density at radius 2 is 1.94 bits per heavy atom. The Labute approximate surface area is 111 Å². The van der Waals surface area contributed by atoms with Crippen molar-refractivity contribution in [2.24, 2.45) is 0 Å². The van der Waals surface area contributed by atoms with E-state index in [1.54, 1.807) is 0 Å². The predicted octanol–water partition coefficient (Wildman–Crippen LogP) is 3.50. The van der Waals surface area contributed by atoms with E-state index in [1.165, 1.54) is 5.52 Å².